The molecule has 0 saturated carbocycles. The van der Waals surface area contributed by atoms with E-state index >= 15 is 0 Å². The second-order valence-corrected chi connectivity index (χ2v) is 6.47. The van der Waals surface area contributed by atoms with E-state index in [-0.39, 0.29) is 18.9 Å². The summed E-state index contributed by atoms with van der Waals surface area (Å²) < 4.78 is 23.4. The van der Waals surface area contributed by atoms with Gasteiger partial charge in [-0.05, 0) is 32.0 Å². The Morgan fingerprint density at radius 3 is 2.81 bits per heavy atom. The highest BCUT2D eigenvalue weighted by atomic mass is 32.1. The molecule has 1 amide bonds. The standard InChI is InChI=1S/C18H20N2O6S/c1-3-24-12-5-6-13-15(9-12)27-18(20(13)10-16(21)25-4-2)19-17(22)14-11-23-7-8-26-14/h5-6,9,11H,3-4,7-8,10H2,1-2H3. The van der Waals surface area contributed by atoms with E-state index < -0.39 is 11.9 Å². The summed E-state index contributed by atoms with van der Waals surface area (Å²) in [6.45, 7) is 5.09. The molecular weight excluding hydrogens is 372 g/mol. The Hall–Kier alpha value is -2.81. The minimum atomic E-state index is -0.566. The summed E-state index contributed by atoms with van der Waals surface area (Å²) in [5, 5.41) is 0. The number of hydrogen-bond acceptors (Lipinski definition) is 7. The third-order valence-electron chi connectivity index (χ3n) is 3.61. The fourth-order valence-corrected chi connectivity index (χ4v) is 3.56. The molecule has 0 saturated heterocycles. The molecule has 27 heavy (non-hydrogen) atoms. The summed E-state index contributed by atoms with van der Waals surface area (Å²) >= 11 is 1.28. The molecule has 1 aliphatic rings. The largest absolute Gasteiger partial charge is 0.494 e. The molecule has 0 fully saturated rings. The van der Waals surface area contributed by atoms with Crippen molar-refractivity contribution in [2.45, 2.75) is 20.4 Å². The molecule has 1 aromatic carbocycles. The number of benzene rings is 1. The Morgan fingerprint density at radius 2 is 2.11 bits per heavy atom. The van der Waals surface area contributed by atoms with Gasteiger partial charge in [0.1, 0.15) is 31.8 Å². The Kier molecular flexibility index (Phi) is 6.12. The van der Waals surface area contributed by atoms with E-state index in [4.69, 9.17) is 18.9 Å². The van der Waals surface area contributed by atoms with Gasteiger partial charge in [-0.25, -0.2) is 0 Å². The SMILES string of the molecule is CCOC(=O)Cn1c(=NC(=O)C2=COCCO2)sc2cc(OCC)ccc21. The minimum absolute atomic E-state index is 0.0383. The molecule has 0 N–H and O–H groups in total. The van der Waals surface area contributed by atoms with Crippen LogP contribution < -0.4 is 9.54 Å². The summed E-state index contributed by atoms with van der Waals surface area (Å²) in [4.78, 5) is 28.9. The first-order valence-electron chi connectivity index (χ1n) is 8.57. The van der Waals surface area contributed by atoms with E-state index in [1.165, 1.54) is 17.6 Å². The zero-order chi connectivity index (χ0) is 19.2. The van der Waals surface area contributed by atoms with Crippen LogP contribution >= 0.6 is 11.3 Å². The van der Waals surface area contributed by atoms with Gasteiger partial charge in [-0.15, -0.1) is 0 Å². The van der Waals surface area contributed by atoms with Crippen molar-refractivity contribution in [2.24, 2.45) is 4.99 Å². The van der Waals surface area contributed by atoms with Crippen LogP contribution in [-0.4, -0.2) is 42.9 Å². The number of nitrogens with zero attached hydrogens (tertiary/aromatic N) is 2. The maximum atomic E-state index is 12.4. The van der Waals surface area contributed by atoms with E-state index in [0.717, 1.165) is 10.2 Å². The molecule has 9 heteroatoms. The third kappa shape index (κ3) is 4.48. The van der Waals surface area contributed by atoms with Crippen LogP contribution in [0.15, 0.2) is 35.2 Å². The van der Waals surface area contributed by atoms with Gasteiger partial charge in [0, 0.05) is 0 Å². The maximum absolute atomic E-state index is 12.4. The molecule has 0 radical (unpaired) electrons. The van der Waals surface area contributed by atoms with Gasteiger partial charge in [-0.1, -0.05) is 11.3 Å². The first-order valence-corrected chi connectivity index (χ1v) is 9.39. The van der Waals surface area contributed by atoms with Gasteiger partial charge in [-0.3, -0.25) is 9.59 Å². The quantitative estimate of drug-likeness (QED) is 0.699. The summed E-state index contributed by atoms with van der Waals surface area (Å²) in [5.74, 6) is -0.226. The smallest absolute Gasteiger partial charge is 0.326 e. The molecule has 1 aromatic heterocycles. The van der Waals surface area contributed by atoms with Crippen LogP contribution in [0.2, 0.25) is 0 Å². The molecule has 0 atom stereocenters. The van der Waals surface area contributed by atoms with Crippen molar-refractivity contribution in [3.63, 3.8) is 0 Å². The molecule has 144 valence electrons. The second-order valence-electron chi connectivity index (χ2n) is 5.46. The summed E-state index contributed by atoms with van der Waals surface area (Å²) in [6, 6.07) is 5.50. The summed E-state index contributed by atoms with van der Waals surface area (Å²) in [6.07, 6.45) is 1.26. The highest BCUT2D eigenvalue weighted by Gasteiger charge is 2.17. The van der Waals surface area contributed by atoms with Crippen LogP contribution in [0.5, 0.6) is 5.75 Å². The lowest BCUT2D eigenvalue weighted by molar-refractivity contribution is -0.143. The normalized spacial score (nSPS) is 14.3. The molecule has 0 unspecified atom stereocenters. The van der Waals surface area contributed by atoms with Crippen LogP contribution in [0.4, 0.5) is 0 Å². The predicted octanol–water partition coefficient (Wildman–Crippen LogP) is 1.98. The van der Waals surface area contributed by atoms with Crippen molar-refractivity contribution in [3.8, 4) is 5.75 Å². The van der Waals surface area contributed by atoms with Gasteiger partial charge in [0.05, 0.1) is 23.4 Å². The lowest BCUT2D eigenvalue weighted by atomic mass is 10.3. The predicted molar refractivity (Wildman–Crippen MR) is 98.2 cm³/mol. The zero-order valence-electron chi connectivity index (χ0n) is 15.1. The average molecular weight is 392 g/mol. The van der Waals surface area contributed by atoms with E-state index in [9.17, 15) is 9.59 Å². The minimum Gasteiger partial charge on any atom is -0.494 e. The number of carbonyl (C=O) groups is 2. The van der Waals surface area contributed by atoms with Crippen LogP contribution in [0, 0.1) is 0 Å². The first-order chi connectivity index (χ1) is 13.1. The van der Waals surface area contributed by atoms with Crippen molar-refractivity contribution >= 4 is 33.4 Å². The number of amides is 1. The van der Waals surface area contributed by atoms with E-state index in [0.29, 0.717) is 30.4 Å². The lowest BCUT2D eigenvalue weighted by Crippen LogP contribution is -2.24. The number of aromatic nitrogens is 1. The highest BCUT2D eigenvalue weighted by molar-refractivity contribution is 7.16. The van der Waals surface area contributed by atoms with Crippen LogP contribution in [0.3, 0.4) is 0 Å². The van der Waals surface area contributed by atoms with E-state index in [1.54, 1.807) is 11.5 Å². The number of ether oxygens (including phenoxy) is 4. The van der Waals surface area contributed by atoms with Gasteiger partial charge in [0.2, 0.25) is 5.76 Å². The van der Waals surface area contributed by atoms with Crippen LogP contribution in [-0.2, 0) is 30.3 Å². The van der Waals surface area contributed by atoms with Crippen molar-refractivity contribution in [3.05, 3.63) is 35.0 Å². The maximum Gasteiger partial charge on any atom is 0.326 e. The van der Waals surface area contributed by atoms with Gasteiger partial charge in [-0.2, -0.15) is 4.99 Å². The molecule has 8 nitrogen and oxygen atoms in total. The molecule has 3 rings (SSSR count). The third-order valence-corrected chi connectivity index (χ3v) is 4.66. The van der Waals surface area contributed by atoms with Gasteiger partial charge in [0.25, 0.3) is 0 Å². The molecular formula is C18H20N2O6S. The monoisotopic (exact) mass is 392 g/mol. The van der Waals surface area contributed by atoms with Gasteiger partial charge >= 0.3 is 11.9 Å². The number of esters is 1. The Balaban J connectivity index is 2.05. The van der Waals surface area contributed by atoms with Crippen LogP contribution in [0.25, 0.3) is 10.2 Å². The second kappa shape index (κ2) is 8.72. The van der Waals surface area contributed by atoms with Crippen LogP contribution in [0.1, 0.15) is 13.8 Å². The molecule has 2 aromatic rings. The number of hydrogen-bond donors (Lipinski definition) is 0. The molecule has 0 aliphatic carbocycles. The molecule has 0 bridgehead atoms. The van der Waals surface area contributed by atoms with E-state index in [1.807, 2.05) is 25.1 Å². The highest BCUT2D eigenvalue weighted by Crippen LogP contribution is 2.23. The summed E-state index contributed by atoms with van der Waals surface area (Å²) in [5.41, 5.74) is 0.762. The fraction of sp³-hybridized carbons (Fsp3) is 0.389. The topological polar surface area (TPSA) is 88.4 Å². The van der Waals surface area contributed by atoms with Crippen molar-refractivity contribution in [1.82, 2.24) is 4.57 Å². The number of fused-ring (bicyclic) bond motifs is 1. The van der Waals surface area contributed by atoms with Gasteiger partial charge < -0.3 is 23.5 Å². The first kappa shape index (κ1) is 19.0. The Morgan fingerprint density at radius 1 is 1.26 bits per heavy atom. The van der Waals surface area contributed by atoms with Gasteiger partial charge in [0.15, 0.2) is 4.80 Å². The van der Waals surface area contributed by atoms with Crippen molar-refractivity contribution in [1.29, 1.82) is 0 Å². The number of carbonyl (C=O) groups excluding carboxylic acids is 2. The van der Waals surface area contributed by atoms with E-state index in [2.05, 4.69) is 4.99 Å². The van der Waals surface area contributed by atoms with Crippen molar-refractivity contribution < 1.29 is 28.5 Å². The average Bonchev–Trinajstić information content (AvgIpc) is 2.99. The molecule has 2 heterocycles. The Bertz CT molecular complexity index is 943. The fourth-order valence-electron chi connectivity index (χ4n) is 2.51. The lowest BCUT2D eigenvalue weighted by Gasteiger charge is -2.12. The zero-order valence-corrected chi connectivity index (χ0v) is 15.9. The van der Waals surface area contributed by atoms with Crippen molar-refractivity contribution in [2.75, 3.05) is 26.4 Å². The molecule has 1 aliphatic heterocycles. The number of rotatable bonds is 6. The number of thiazole rings is 1. The summed E-state index contributed by atoms with van der Waals surface area (Å²) in [7, 11) is 0. The molecule has 0 spiro atoms. The Labute approximate surface area is 159 Å².